The van der Waals surface area contributed by atoms with Gasteiger partial charge in [0, 0.05) is 31.2 Å². The highest BCUT2D eigenvalue weighted by Crippen LogP contribution is 2.47. The minimum absolute atomic E-state index is 0.0291. The maximum absolute atomic E-state index is 14.6. The van der Waals surface area contributed by atoms with E-state index >= 15 is 0 Å². The molecule has 2 aromatic carbocycles. The topological polar surface area (TPSA) is 110 Å². The fourth-order valence-corrected chi connectivity index (χ4v) is 11.2. The smallest absolute Gasteiger partial charge is 0.330 e. The zero-order valence-electron chi connectivity index (χ0n) is 29.5. The second-order valence-electron chi connectivity index (χ2n) is 15.7. The fraction of sp³-hybridized carbons (Fsp3) is 0.590. The Labute approximate surface area is 296 Å². The van der Waals surface area contributed by atoms with Crippen LogP contribution in [0.1, 0.15) is 72.5 Å². The van der Waals surface area contributed by atoms with Crippen LogP contribution in [0.3, 0.4) is 0 Å². The number of morpholine rings is 1. The van der Waals surface area contributed by atoms with E-state index in [2.05, 4.69) is 51.3 Å². The molecule has 50 heavy (non-hydrogen) atoms. The lowest BCUT2D eigenvalue weighted by Gasteiger charge is -2.51. The maximum atomic E-state index is 14.6. The van der Waals surface area contributed by atoms with Gasteiger partial charge in [0.25, 0.3) is 5.91 Å². The first-order chi connectivity index (χ1) is 24.1. The third-order valence-corrected chi connectivity index (χ3v) is 14.1. The van der Waals surface area contributed by atoms with Gasteiger partial charge in [-0.05, 0) is 98.9 Å². The summed E-state index contributed by atoms with van der Waals surface area (Å²) in [5, 5.41) is 0. The Morgan fingerprint density at radius 2 is 1.98 bits per heavy atom. The van der Waals surface area contributed by atoms with Crippen LogP contribution in [0.4, 0.5) is 10.5 Å². The van der Waals surface area contributed by atoms with Crippen molar-refractivity contribution < 1.29 is 28.0 Å². The van der Waals surface area contributed by atoms with Gasteiger partial charge >= 0.3 is 6.03 Å². The molecule has 268 valence electrons. The number of hydrogen-bond acceptors (Lipinski definition) is 7. The molecule has 2 aromatic rings. The van der Waals surface area contributed by atoms with Gasteiger partial charge in [-0.25, -0.2) is 9.00 Å². The summed E-state index contributed by atoms with van der Waals surface area (Å²) in [6, 6.07) is 11.8. The number of carbonyl (C=O) groups excluding carboxylic acids is 2. The predicted octanol–water partition coefficient (Wildman–Crippen LogP) is 5.81. The molecular formula is C39H50N4O6S. The van der Waals surface area contributed by atoms with E-state index in [1.807, 2.05) is 19.1 Å². The van der Waals surface area contributed by atoms with Gasteiger partial charge in [-0.15, -0.1) is 4.36 Å². The van der Waals surface area contributed by atoms with Crippen LogP contribution in [-0.2, 0) is 31.2 Å². The second-order valence-corrected chi connectivity index (χ2v) is 17.7. The molecule has 2 saturated heterocycles. The highest BCUT2D eigenvalue weighted by Gasteiger charge is 2.47. The number of aryl methyl sites for hydroxylation is 2. The Morgan fingerprint density at radius 1 is 1.14 bits per heavy atom. The number of carbonyl (C=O) groups is 2. The number of fused-ring (bicyclic) bond motifs is 6. The van der Waals surface area contributed by atoms with Crippen LogP contribution in [-0.4, -0.2) is 85.0 Å². The van der Waals surface area contributed by atoms with Crippen LogP contribution >= 0.6 is 0 Å². The predicted molar refractivity (Wildman–Crippen MR) is 193 cm³/mol. The van der Waals surface area contributed by atoms with Gasteiger partial charge in [-0.1, -0.05) is 42.8 Å². The lowest BCUT2D eigenvalue weighted by atomic mass is 9.68. The lowest BCUT2D eigenvalue weighted by molar-refractivity contribution is -0.0985. The summed E-state index contributed by atoms with van der Waals surface area (Å²) >= 11 is 0. The normalized spacial score (nSPS) is 35.6. The number of benzene rings is 2. The van der Waals surface area contributed by atoms with Crippen molar-refractivity contribution in [1.29, 1.82) is 0 Å². The summed E-state index contributed by atoms with van der Waals surface area (Å²) in [4.78, 5) is 31.7. The molecule has 3 unspecified atom stereocenters. The van der Waals surface area contributed by atoms with Gasteiger partial charge in [0.15, 0.2) is 0 Å². The number of amides is 3. The van der Waals surface area contributed by atoms with Gasteiger partial charge in [0.2, 0.25) is 0 Å². The molecule has 3 amide bonds. The Morgan fingerprint density at radius 3 is 2.74 bits per heavy atom. The highest BCUT2D eigenvalue weighted by molar-refractivity contribution is 7.92. The zero-order valence-corrected chi connectivity index (χ0v) is 30.3. The zero-order chi connectivity index (χ0) is 34.6. The standard InChI is InChI=1S/C39H50N4O6S/c1-25-9-13-33-27(16-25)7-5-15-39(33)23-42-19-29-10-12-32(29)35(47-3)8-4-6-26(2)22-50(46,41-38(45)43-30-18-31(43)21-48-20-30)40-37(44)28-11-14-36(49-24-39)34(42)17-28/h4,8-9,11,13-14,16-17,26,29-32,35H,5-7,10,12,15,18-24H2,1-3H3,(H,40,41,44,45,46)/b8-4+/t26-,29-,30?,31?,32+,35-,39-,50?/m0/s1. The lowest BCUT2D eigenvalue weighted by Crippen LogP contribution is -2.68. The fourth-order valence-electron chi connectivity index (χ4n) is 9.39. The Bertz CT molecular complexity index is 1810. The van der Waals surface area contributed by atoms with E-state index in [9.17, 15) is 13.8 Å². The third kappa shape index (κ3) is 6.23. The first-order valence-corrected chi connectivity index (χ1v) is 20.1. The molecule has 8 atom stereocenters. The average Bonchev–Trinajstić information content (AvgIpc) is 3.22. The molecule has 1 N–H and O–H groups in total. The molecule has 11 heteroatoms. The molecule has 8 rings (SSSR count). The minimum atomic E-state index is -3.46. The largest absolute Gasteiger partial charge is 0.490 e. The summed E-state index contributed by atoms with van der Waals surface area (Å²) in [7, 11) is -1.68. The molecule has 0 aromatic heterocycles. The quantitative estimate of drug-likeness (QED) is 0.394. The minimum Gasteiger partial charge on any atom is -0.490 e. The maximum Gasteiger partial charge on any atom is 0.330 e. The van der Waals surface area contributed by atoms with Gasteiger partial charge in [-0.3, -0.25) is 9.52 Å². The van der Waals surface area contributed by atoms with Gasteiger partial charge in [0.05, 0.1) is 49.4 Å². The molecule has 3 fully saturated rings. The molecule has 1 spiro atoms. The summed E-state index contributed by atoms with van der Waals surface area (Å²) in [6.45, 7) is 7.21. The molecule has 2 aliphatic carbocycles. The highest BCUT2D eigenvalue weighted by atomic mass is 32.2. The number of anilines is 1. The third-order valence-electron chi connectivity index (χ3n) is 12.1. The summed E-state index contributed by atoms with van der Waals surface area (Å²) < 4.78 is 40.0. The van der Waals surface area contributed by atoms with Crippen LogP contribution in [0.25, 0.3) is 0 Å². The van der Waals surface area contributed by atoms with Crippen molar-refractivity contribution in [3.63, 3.8) is 0 Å². The number of hydrogen-bond donors (Lipinski definition) is 1. The van der Waals surface area contributed by atoms with Crippen molar-refractivity contribution in [2.75, 3.05) is 50.7 Å². The molecule has 0 radical (unpaired) electrons. The van der Waals surface area contributed by atoms with E-state index in [4.69, 9.17) is 14.2 Å². The van der Waals surface area contributed by atoms with E-state index in [-0.39, 0.29) is 35.3 Å². The number of allylic oxidation sites excluding steroid dienone is 1. The number of ether oxygens (including phenoxy) is 3. The summed E-state index contributed by atoms with van der Waals surface area (Å²) in [6.07, 6.45) is 11.1. The second kappa shape index (κ2) is 13.3. The number of nitrogens with one attached hydrogen (secondary N) is 1. The van der Waals surface area contributed by atoms with Crippen molar-refractivity contribution >= 4 is 27.5 Å². The average molecular weight is 703 g/mol. The van der Waals surface area contributed by atoms with E-state index < -0.39 is 21.9 Å². The number of methoxy groups -OCH3 is 1. The van der Waals surface area contributed by atoms with Crippen molar-refractivity contribution in [1.82, 2.24) is 9.62 Å². The first-order valence-electron chi connectivity index (χ1n) is 18.4. The van der Waals surface area contributed by atoms with Crippen molar-refractivity contribution in [3.8, 4) is 5.75 Å². The molecule has 10 nitrogen and oxygen atoms in total. The van der Waals surface area contributed by atoms with Gasteiger partial charge in [0.1, 0.15) is 15.7 Å². The van der Waals surface area contributed by atoms with E-state index in [1.54, 1.807) is 18.1 Å². The molecule has 1 saturated carbocycles. The van der Waals surface area contributed by atoms with Crippen LogP contribution in [0.2, 0.25) is 0 Å². The molecule has 4 aliphatic heterocycles. The monoisotopic (exact) mass is 702 g/mol. The Balaban J connectivity index is 1.18. The van der Waals surface area contributed by atoms with Crippen LogP contribution < -0.4 is 14.4 Å². The number of urea groups is 1. The number of nitrogens with zero attached hydrogens (tertiary/aromatic N) is 3. The van der Waals surface area contributed by atoms with E-state index in [0.29, 0.717) is 43.6 Å². The first kappa shape index (κ1) is 33.7. The van der Waals surface area contributed by atoms with E-state index in [0.717, 1.165) is 63.1 Å². The molecular weight excluding hydrogens is 653 g/mol. The summed E-state index contributed by atoms with van der Waals surface area (Å²) in [5.41, 5.74) is 5.05. The van der Waals surface area contributed by atoms with Crippen LogP contribution in [0.15, 0.2) is 52.9 Å². The molecule has 6 aliphatic rings. The SMILES string of the molecule is CO[C@H]1/C=C/C[C@H](C)CS(=O)(NC(=O)N2C3COCC2C3)=NC(=O)c2ccc3c(c2)N(C[C@@H]2CC[C@H]21)C[C@@]1(CCCc2cc(C)ccc21)CO3. The van der Waals surface area contributed by atoms with Crippen LogP contribution in [0, 0.1) is 24.7 Å². The van der Waals surface area contributed by atoms with Gasteiger partial charge in [-0.2, -0.15) is 0 Å². The van der Waals surface area contributed by atoms with E-state index in [1.165, 1.54) is 16.7 Å². The van der Waals surface area contributed by atoms with Crippen molar-refractivity contribution in [2.24, 2.45) is 22.1 Å². The van der Waals surface area contributed by atoms with Crippen molar-refractivity contribution in [3.05, 3.63) is 70.8 Å². The van der Waals surface area contributed by atoms with Crippen molar-refractivity contribution in [2.45, 2.75) is 82.4 Å². The van der Waals surface area contributed by atoms with Gasteiger partial charge < -0.3 is 24.0 Å². The summed E-state index contributed by atoms with van der Waals surface area (Å²) in [5.74, 6) is 0.882. The number of rotatable bonds is 2. The Hall–Kier alpha value is -3.41. The molecule has 4 bridgehead atoms. The Kier molecular flexibility index (Phi) is 8.96. The van der Waals surface area contributed by atoms with Crippen LogP contribution in [0.5, 0.6) is 5.75 Å². The molecule has 4 heterocycles.